The lowest BCUT2D eigenvalue weighted by molar-refractivity contribution is -0.123. The van der Waals surface area contributed by atoms with Crippen molar-refractivity contribution in [3.8, 4) is 5.75 Å². The van der Waals surface area contributed by atoms with E-state index in [-0.39, 0.29) is 17.9 Å². The van der Waals surface area contributed by atoms with Crippen LogP contribution < -0.4 is 15.8 Å². The Balaban J connectivity index is 1.73. The topological polar surface area (TPSA) is 64.3 Å². The van der Waals surface area contributed by atoms with Gasteiger partial charge in [-0.3, -0.25) is 4.79 Å². The van der Waals surface area contributed by atoms with Crippen molar-refractivity contribution < 1.29 is 9.53 Å². The summed E-state index contributed by atoms with van der Waals surface area (Å²) < 4.78 is 5.10. The molecule has 102 valence electrons. The Hall–Kier alpha value is -1.81. The first kappa shape index (κ1) is 13.6. The highest BCUT2D eigenvalue weighted by molar-refractivity contribution is 5.81. The molecule has 0 bridgehead atoms. The van der Waals surface area contributed by atoms with Crippen molar-refractivity contribution >= 4 is 5.91 Å². The van der Waals surface area contributed by atoms with Gasteiger partial charge in [-0.05, 0) is 30.5 Å². The monoisotopic (exact) mass is 260 g/mol. The van der Waals surface area contributed by atoms with Crippen LogP contribution in [0.3, 0.4) is 0 Å². The Labute approximate surface area is 113 Å². The number of benzene rings is 1. The second-order valence-electron chi connectivity index (χ2n) is 4.78. The van der Waals surface area contributed by atoms with Gasteiger partial charge in [0.1, 0.15) is 5.75 Å². The SMILES string of the molecule is COc1ccc(CCNC(=O)C2C=CC(N)C2)cc1. The van der Waals surface area contributed by atoms with E-state index in [9.17, 15) is 4.79 Å². The van der Waals surface area contributed by atoms with Gasteiger partial charge in [-0.2, -0.15) is 0 Å². The lowest BCUT2D eigenvalue weighted by Gasteiger charge is -2.10. The second kappa shape index (κ2) is 6.38. The standard InChI is InChI=1S/C15H20N2O2/c1-19-14-6-2-11(3-7-14)8-9-17-15(18)12-4-5-13(16)10-12/h2-7,12-13H,8-10,16H2,1H3,(H,17,18). The number of carbonyl (C=O) groups excluding carboxylic acids is 1. The summed E-state index contributed by atoms with van der Waals surface area (Å²) in [6.45, 7) is 0.644. The minimum absolute atomic E-state index is 0.0253. The number of hydrogen-bond donors (Lipinski definition) is 2. The van der Waals surface area contributed by atoms with Crippen LogP contribution in [0, 0.1) is 5.92 Å². The molecule has 3 N–H and O–H groups in total. The largest absolute Gasteiger partial charge is 0.497 e. The van der Waals surface area contributed by atoms with E-state index < -0.39 is 0 Å². The maximum atomic E-state index is 11.8. The normalized spacial score (nSPS) is 21.4. The molecule has 2 atom stereocenters. The van der Waals surface area contributed by atoms with Gasteiger partial charge < -0.3 is 15.8 Å². The van der Waals surface area contributed by atoms with Crippen LogP contribution in [0.4, 0.5) is 0 Å². The van der Waals surface area contributed by atoms with Crippen molar-refractivity contribution in [2.45, 2.75) is 18.9 Å². The molecule has 0 aliphatic heterocycles. The summed E-state index contributed by atoms with van der Waals surface area (Å²) in [7, 11) is 1.65. The van der Waals surface area contributed by atoms with Gasteiger partial charge in [0.15, 0.2) is 0 Å². The highest BCUT2D eigenvalue weighted by atomic mass is 16.5. The highest BCUT2D eigenvalue weighted by Crippen LogP contribution is 2.16. The number of carbonyl (C=O) groups is 1. The first-order valence-corrected chi connectivity index (χ1v) is 6.53. The molecule has 1 aromatic carbocycles. The molecule has 4 nitrogen and oxygen atoms in total. The van der Waals surface area contributed by atoms with Gasteiger partial charge >= 0.3 is 0 Å². The maximum absolute atomic E-state index is 11.8. The van der Waals surface area contributed by atoms with Crippen molar-refractivity contribution in [3.05, 3.63) is 42.0 Å². The van der Waals surface area contributed by atoms with Crippen LogP contribution in [0.1, 0.15) is 12.0 Å². The molecule has 0 fully saturated rings. The van der Waals surface area contributed by atoms with E-state index in [1.54, 1.807) is 7.11 Å². The summed E-state index contributed by atoms with van der Waals surface area (Å²) in [4.78, 5) is 11.8. The van der Waals surface area contributed by atoms with Gasteiger partial charge in [0.2, 0.25) is 5.91 Å². The van der Waals surface area contributed by atoms with E-state index in [1.807, 2.05) is 36.4 Å². The van der Waals surface area contributed by atoms with Crippen LogP contribution in [0.2, 0.25) is 0 Å². The molecular formula is C15H20N2O2. The molecule has 1 aliphatic rings. The molecule has 0 saturated carbocycles. The number of nitrogens with one attached hydrogen (secondary N) is 1. The summed E-state index contributed by atoms with van der Waals surface area (Å²) >= 11 is 0. The average molecular weight is 260 g/mol. The predicted octanol–water partition coefficient (Wildman–Crippen LogP) is 1.26. The lowest BCUT2D eigenvalue weighted by atomic mass is 10.1. The lowest BCUT2D eigenvalue weighted by Crippen LogP contribution is -2.32. The van der Waals surface area contributed by atoms with E-state index >= 15 is 0 Å². The van der Waals surface area contributed by atoms with Gasteiger partial charge in [-0.1, -0.05) is 24.3 Å². The zero-order valence-electron chi connectivity index (χ0n) is 11.1. The number of ether oxygens (including phenoxy) is 1. The quantitative estimate of drug-likeness (QED) is 0.783. The van der Waals surface area contributed by atoms with Gasteiger partial charge in [-0.15, -0.1) is 0 Å². The van der Waals surface area contributed by atoms with Crippen LogP contribution >= 0.6 is 0 Å². The third-order valence-electron chi connectivity index (χ3n) is 3.33. The van der Waals surface area contributed by atoms with E-state index in [0.717, 1.165) is 12.2 Å². The van der Waals surface area contributed by atoms with Gasteiger partial charge in [0.25, 0.3) is 0 Å². The second-order valence-corrected chi connectivity index (χ2v) is 4.78. The number of hydrogen-bond acceptors (Lipinski definition) is 3. The Bertz CT molecular complexity index is 454. The van der Waals surface area contributed by atoms with Crippen LogP contribution in [0.15, 0.2) is 36.4 Å². The predicted molar refractivity (Wildman–Crippen MR) is 74.9 cm³/mol. The van der Waals surface area contributed by atoms with Crippen molar-refractivity contribution in [2.75, 3.05) is 13.7 Å². The first-order chi connectivity index (χ1) is 9.19. The Morgan fingerprint density at radius 1 is 1.37 bits per heavy atom. The van der Waals surface area contributed by atoms with Gasteiger partial charge in [0.05, 0.1) is 13.0 Å². The van der Waals surface area contributed by atoms with Crippen molar-refractivity contribution in [3.63, 3.8) is 0 Å². The summed E-state index contributed by atoms with van der Waals surface area (Å²) in [6, 6.07) is 7.90. The number of nitrogens with two attached hydrogens (primary N) is 1. The van der Waals surface area contributed by atoms with Gasteiger partial charge in [0, 0.05) is 12.6 Å². The van der Waals surface area contributed by atoms with Gasteiger partial charge in [-0.25, -0.2) is 0 Å². The van der Waals surface area contributed by atoms with E-state index in [0.29, 0.717) is 13.0 Å². The minimum atomic E-state index is -0.0640. The molecule has 1 aliphatic carbocycles. The van der Waals surface area contributed by atoms with Crippen LogP contribution in [-0.4, -0.2) is 25.6 Å². The molecule has 1 amide bonds. The fraction of sp³-hybridized carbons (Fsp3) is 0.400. The Kier molecular flexibility index (Phi) is 4.58. The average Bonchev–Trinajstić information content (AvgIpc) is 2.86. The molecule has 0 saturated heterocycles. The zero-order chi connectivity index (χ0) is 13.7. The van der Waals surface area contributed by atoms with E-state index in [4.69, 9.17) is 10.5 Å². The molecule has 2 rings (SSSR count). The molecule has 2 unspecified atom stereocenters. The summed E-state index contributed by atoms with van der Waals surface area (Å²) in [5, 5.41) is 2.95. The molecule has 0 heterocycles. The molecule has 0 radical (unpaired) electrons. The van der Waals surface area contributed by atoms with Crippen LogP contribution in [0.25, 0.3) is 0 Å². The van der Waals surface area contributed by atoms with Crippen molar-refractivity contribution in [2.24, 2.45) is 11.7 Å². The molecule has 4 heteroatoms. The van der Waals surface area contributed by atoms with E-state index in [2.05, 4.69) is 5.32 Å². The zero-order valence-corrected chi connectivity index (χ0v) is 11.1. The summed E-state index contributed by atoms with van der Waals surface area (Å²) in [6.07, 6.45) is 5.33. The third kappa shape index (κ3) is 3.83. The Morgan fingerprint density at radius 2 is 2.11 bits per heavy atom. The molecule has 0 aromatic heterocycles. The van der Waals surface area contributed by atoms with Crippen LogP contribution in [0.5, 0.6) is 5.75 Å². The van der Waals surface area contributed by atoms with Crippen molar-refractivity contribution in [1.82, 2.24) is 5.32 Å². The molecule has 19 heavy (non-hydrogen) atoms. The number of amides is 1. The maximum Gasteiger partial charge on any atom is 0.227 e. The molecule has 1 aromatic rings. The summed E-state index contributed by atoms with van der Waals surface area (Å²) in [5.74, 6) is 0.849. The minimum Gasteiger partial charge on any atom is -0.497 e. The fourth-order valence-electron chi connectivity index (χ4n) is 2.17. The highest BCUT2D eigenvalue weighted by Gasteiger charge is 2.21. The van der Waals surface area contributed by atoms with Crippen LogP contribution in [-0.2, 0) is 11.2 Å². The smallest absolute Gasteiger partial charge is 0.227 e. The number of rotatable bonds is 5. The Morgan fingerprint density at radius 3 is 2.68 bits per heavy atom. The van der Waals surface area contributed by atoms with Crippen molar-refractivity contribution in [1.29, 1.82) is 0 Å². The van der Waals surface area contributed by atoms with E-state index in [1.165, 1.54) is 5.56 Å². The fourth-order valence-corrected chi connectivity index (χ4v) is 2.17. The molecular weight excluding hydrogens is 240 g/mol. The number of methoxy groups -OCH3 is 1. The third-order valence-corrected chi connectivity index (χ3v) is 3.33. The first-order valence-electron chi connectivity index (χ1n) is 6.53. The summed E-state index contributed by atoms with van der Waals surface area (Å²) in [5.41, 5.74) is 6.91. The molecule has 0 spiro atoms.